The van der Waals surface area contributed by atoms with Crippen molar-refractivity contribution < 1.29 is 9.26 Å². The zero-order valence-corrected chi connectivity index (χ0v) is 14.2. The topological polar surface area (TPSA) is 73.9 Å². The molecule has 4 rings (SSSR count). The standard InChI is InChI=1S/C18H14N4O2S/c1-23-15-5-3-2-4-14(15)17-19-9-13(10-20-17)18-21-16(22-24-18)8-12-6-7-25-11-12/h2-7,9-11H,8H2,1H3. The van der Waals surface area contributed by atoms with Gasteiger partial charge < -0.3 is 9.26 Å². The number of methoxy groups -OCH3 is 1. The van der Waals surface area contributed by atoms with E-state index in [1.54, 1.807) is 30.8 Å². The van der Waals surface area contributed by atoms with Gasteiger partial charge in [-0.05, 0) is 34.5 Å². The van der Waals surface area contributed by atoms with E-state index in [-0.39, 0.29) is 0 Å². The summed E-state index contributed by atoms with van der Waals surface area (Å²) in [5.41, 5.74) is 2.68. The van der Waals surface area contributed by atoms with Crippen LogP contribution in [-0.4, -0.2) is 27.2 Å². The third-order valence-electron chi connectivity index (χ3n) is 3.66. The van der Waals surface area contributed by atoms with Crippen molar-refractivity contribution in [3.8, 4) is 28.6 Å². The normalized spacial score (nSPS) is 10.8. The summed E-state index contributed by atoms with van der Waals surface area (Å²) in [6.45, 7) is 0. The second-order valence-corrected chi connectivity index (χ2v) is 6.10. The molecule has 7 heteroatoms. The number of benzene rings is 1. The van der Waals surface area contributed by atoms with Crippen LogP contribution in [0.25, 0.3) is 22.8 Å². The van der Waals surface area contributed by atoms with E-state index in [9.17, 15) is 0 Å². The molecule has 0 aliphatic rings. The molecule has 0 radical (unpaired) electrons. The molecule has 3 aromatic heterocycles. The smallest absolute Gasteiger partial charge is 0.261 e. The molecule has 0 spiro atoms. The highest BCUT2D eigenvalue weighted by molar-refractivity contribution is 7.07. The number of para-hydroxylation sites is 1. The van der Waals surface area contributed by atoms with E-state index in [1.165, 1.54) is 5.56 Å². The van der Waals surface area contributed by atoms with Crippen molar-refractivity contribution in [3.63, 3.8) is 0 Å². The van der Waals surface area contributed by atoms with Gasteiger partial charge in [0.05, 0.1) is 18.2 Å². The van der Waals surface area contributed by atoms with Gasteiger partial charge in [-0.15, -0.1) is 0 Å². The van der Waals surface area contributed by atoms with Gasteiger partial charge in [0.25, 0.3) is 5.89 Å². The minimum atomic E-state index is 0.414. The average molecular weight is 350 g/mol. The number of rotatable bonds is 5. The Hall–Kier alpha value is -3.06. The van der Waals surface area contributed by atoms with Crippen molar-refractivity contribution in [1.82, 2.24) is 20.1 Å². The molecule has 0 aliphatic carbocycles. The minimum Gasteiger partial charge on any atom is -0.496 e. The molecule has 1 aromatic carbocycles. The molecule has 0 bridgehead atoms. The number of aromatic nitrogens is 4. The predicted molar refractivity (Wildman–Crippen MR) is 94.4 cm³/mol. The van der Waals surface area contributed by atoms with Crippen LogP contribution in [0.5, 0.6) is 5.75 Å². The van der Waals surface area contributed by atoms with Crippen LogP contribution in [0.4, 0.5) is 0 Å². The van der Waals surface area contributed by atoms with Crippen LogP contribution in [0.3, 0.4) is 0 Å². The summed E-state index contributed by atoms with van der Waals surface area (Å²) < 4.78 is 10.7. The van der Waals surface area contributed by atoms with Crippen LogP contribution in [0.1, 0.15) is 11.4 Å². The highest BCUT2D eigenvalue weighted by atomic mass is 32.1. The zero-order chi connectivity index (χ0) is 17.1. The Bertz CT molecular complexity index is 965. The molecular formula is C18H14N4O2S. The summed E-state index contributed by atoms with van der Waals surface area (Å²) in [5, 5.41) is 8.12. The third-order valence-corrected chi connectivity index (χ3v) is 4.39. The Morgan fingerprint density at radius 3 is 2.72 bits per heavy atom. The van der Waals surface area contributed by atoms with E-state index >= 15 is 0 Å². The van der Waals surface area contributed by atoms with Gasteiger partial charge in [-0.3, -0.25) is 0 Å². The Morgan fingerprint density at radius 2 is 1.96 bits per heavy atom. The lowest BCUT2D eigenvalue weighted by Gasteiger charge is -2.06. The molecule has 0 unspecified atom stereocenters. The van der Waals surface area contributed by atoms with Crippen molar-refractivity contribution in [2.75, 3.05) is 7.11 Å². The van der Waals surface area contributed by atoms with Gasteiger partial charge in [0, 0.05) is 18.8 Å². The van der Waals surface area contributed by atoms with Gasteiger partial charge in [0.1, 0.15) is 5.75 Å². The summed E-state index contributed by atoms with van der Waals surface area (Å²) in [6.07, 6.45) is 4.00. The maximum Gasteiger partial charge on any atom is 0.261 e. The molecule has 0 aliphatic heterocycles. The van der Waals surface area contributed by atoms with Crippen LogP contribution >= 0.6 is 11.3 Å². The van der Waals surface area contributed by atoms with E-state index < -0.39 is 0 Å². The number of thiophene rings is 1. The fourth-order valence-electron chi connectivity index (χ4n) is 2.43. The molecule has 25 heavy (non-hydrogen) atoms. The SMILES string of the molecule is COc1ccccc1-c1ncc(-c2nc(Cc3ccsc3)no2)cn1. The summed E-state index contributed by atoms with van der Waals surface area (Å²) >= 11 is 1.65. The first-order valence-corrected chi connectivity index (χ1v) is 8.57. The molecule has 0 saturated carbocycles. The zero-order valence-electron chi connectivity index (χ0n) is 13.4. The Kier molecular flexibility index (Phi) is 4.22. The van der Waals surface area contributed by atoms with E-state index in [1.807, 2.05) is 35.7 Å². The highest BCUT2D eigenvalue weighted by Crippen LogP contribution is 2.27. The minimum absolute atomic E-state index is 0.414. The maximum absolute atomic E-state index is 5.35. The fourth-order valence-corrected chi connectivity index (χ4v) is 3.09. The van der Waals surface area contributed by atoms with Crippen LogP contribution in [0, 0.1) is 0 Å². The van der Waals surface area contributed by atoms with Crippen LogP contribution in [0.15, 0.2) is 58.0 Å². The van der Waals surface area contributed by atoms with Crippen molar-refractivity contribution in [1.29, 1.82) is 0 Å². The van der Waals surface area contributed by atoms with Crippen LogP contribution in [-0.2, 0) is 6.42 Å². The quantitative estimate of drug-likeness (QED) is 0.544. The number of hydrogen-bond donors (Lipinski definition) is 0. The summed E-state index contributed by atoms with van der Waals surface area (Å²) in [6, 6.07) is 9.67. The molecule has 6 nitrogen and oxygen atoms in total. The molecule has 4 aromatic rings. The van der Waals surface area contributed by atoms with Crippen LogP contribution in [0.2, 0.25) is 0 Å². The summed E-state index contributed by atoms with van der Waals surface area (Å²) in [7, 11) is 1.63. The van der Waals surface area contributed by atoms with Gasteiger partial charge >= 0.3 is 0 Å². The van der Waals surface area contributed by atoms with Gasteiger partial charge in [-0.1, -0.05) is 17.3 Å². The monoisotopic (exact) mass is 350 g/mol. The van der Waals surface area contributed by atoms with Crippen molar-refractivity contribution in [2.45, 2.75) is 6.42 Å². The first kappa shape index (κ1) is 15.5. The largest absolute Gasteiger partial charge is 0.496 e. The molecule has 0 amide bonds. The van der Waals surface area contributed by atoms with Crippen LogP contribution < -0.4 is 4.74 Å². The second kappa shape index (κ2) is 6.82. The lowest BCUT2D eigenvalue weighted by Crippen LogP contribution is -1.93. The first-order chi connectivity index (χ1) is 12.3. The van der Waals surface area contributed by atoms with E-state index in [0.29, 0.717) is 29.5 Å². The molecule has 0 atom stereocenters. The fraction of sp³-hybridized carbons (Fsp3) is 0.111. The number of ether oxygens (including phenoxy) is 1. The molecular weight excluding hydrogens is 336 g/mol. The average Bonchev–Trinajstić information content (AvgIpc) is 3.34. The van der Waals surface area contributed by atoms with E-state index in [2.05, 4.69) is 25.5 Å². The summed E-state index contributed by atoms with van der Waals surface area (Å²) in [4.78, 5) is 13.2. The number of hydrogen-bond acceptors (Lipinski definition) is 7. The van der Waals surface area contributed by atoms with Gasteiger partial charge in [-0.25, -0.2) is 9.97 Å². The van der Waals surface area contributed by atoms with E-state index in [4.69, 9.17) is 9.26 Å². The molecule has 3 heterocycles. The number of nitrogens with zero attached hydrogens (tertiary/aromatic N) is 4. The van der Waals surface area contributed by atoms with Gasteiger partial charge in [-0.2, -0.15) is 16.3 Å². The van der Waals surface area contributed by atoms with Crippen molar-refractivity contribution in [2.24, 2.45) is 0 Å². The molecule has 0 N–H and O–H groups in total. The van der Waals surface area contributed by atoms with Crippen molar-refractivity contribution in [3.05, 3.63) is 64.9 Å². The Labute approximate surface area is 148 Å². The Balaban J connectivity index is 1.57. The van der Waals surface area contributed by atoms with Gasteiger partial charge in [0.2, 0.25) is 0 Å². The summed E-state index contributed by atoms with van der Waals surface area (Å²) in [5.74, 6) is 2.37. The Morgan fingerprint density at radius 1 is 1.12 bits per heavy atom. The lowest BCUT2D eigenvalue weighted by atomic mass is 10.2. The highest BCUT2D eigenvalue weighted by Gasteiger charge is 2.12. The molecule has 0 fully saturated rings. The van der Waals surface area contributed by atoms with Gasteiger partial charge in [0.15, 0.2) is 11.6 Å². The first-order valence-electron chi connectivity index (χ1n) is 7.63. The predicted octanol–water partition coefficient (Wildman–Crippen LogP) is 3.85. The second-order valence-electron chi connectivity index (χ2n) is 5.32. The van der Waals surface area contributed by atoms with E-state index in [0.717, 1.165) is 11.3 Å². The third kappa shape index (κ3) is 3.27. The van der Waals surface area contributed by atoms with Crippen molar-refractivity contribution >= 4 is 11.3 Å². The molecule has 0 saturated heterocycles. The maximum atomic E-state index is 5.35. The lowest BCUT2D eigenvalue weighted by molar-refractivity contribution is 0.416. The molecule has 124 valence electrons.